The molecule has 1 aliphatic rings. The summed E-state index contributed by atoms with van der Waals surface area (Å²) in [5, 5.41) is 11.6. The van der Waals surface area contributed by atoms with E-state index in [9.17, 15) is 5.11 Å². The minimum Gasteiger partial charge on any atom is -0.398 e. The number of anilines is 2. The van der Waals surface area contributed by atoms with E-state index in [-0.39, 0.29) is 12.6 Å². The molecule has 1 saturated heterocycles. The van der Waals surface area contributed by atoms with Crippen LogP contribution >= 0.6 is 0 Å². The molecule has 3 rings (SSSR count). The van der Waals surface area contributed by atoms with Crippen LogP contribution in [-0.4, -0.2) is 29.3 Å². The fourth-order valence-corrected chi connectivity index (χ4v) is 2.94. The highest BCUT2D eigenvalue weighted by Gasteiger charge is 2.25. The molecule has 1 aromatic carbocycles. The molecule has 2 aromatic rings. The minimum atomic E-state index is 0.204. The lowest BCUT2D eigenvalue weighted by molar-refractivity contribution is 0.266. The third-order valence-corrected chi connectivity index (χ3v) is 3.95. The van der Waals surface area contributed by atoms with E-state index in [2.05, 4.69) is 22.0 Å². The van der Waals surface area contributed by atoms with Gasteiger partial charge in [0.1, 0.15) is 0 Å². The Morgan fingerprint density at radius 1 is 1.42 bits per heavy atom. The number of hydrogen-bond acceptors (Lipinski definition) is 4. The van der Waals surface area contributed by atoms with Crippen LogP contribution in [0, 0.1) is 6.92 Å². The van der Waals surface area contributed by atoms with Crippen LogP contribution in [0.5, 0.6) is 0 Å². The maximum Gasteiger partial charge on any atom is 0.0635 e. The summed E-state index contributed by atoms with van der Waals surface area (Å²) in [5.41, 5.74) is 8.93. The minimum absolute atomic E-state index is 0.204. The molecule has 0 spiro atoms. The van der Waals surface area contributed by atoms with E-state index < -0.39 is 0 Å². The van der Waals surface area contributed by atoms with Gasteiger partial charge in [-0.1, -0.05) is 0 Å². The van der Waals surface area contributed by atoms with E-state index in [1.165, 1.54) is 0 Å². The smallest absolute Gasteiger partial charge is 0.0635 e. The van der Waals surface area contributed by atoms with Crippen LogP contribution in [0.15, 0.2) is 24.4 Å². The average Bonchev–Trinajstić information content (AvgIpc) is 2.87. The zero-order chi connectivity index (χ0) is 13.4. The van der Waals surface area contributed by atoms with Crippen molar-refractivity contribution in [2.45, 2.75) is 25.8 Å². The van der Waals surface area contributed by atoms with Crippen molar-refractivity contribution >= 4 is 22.1 Å². The van der Waals surface area contributed by atoms with Crippen LogP contribution in [0.2, 0.25) is 0 Å². The van der Waals surface area contributed by atoms with E-state index in [1.54, 1.807) is 0 Å². The number of rotatable bonds is 2. The van der Waals surface area contributed by atoms with Gasteiger partial charge in [-0.05, 0) is 38.0 Å². The molecule has 4 nitrogen and oxygen atoms in total. The Kier molecular flexibility index (Phi) is 3.03. The molecule has 1 unspecified atom stereocenters. The van der Waals surface area contributed by atoms with Crippen molar-refractivity contribution in [2.75, 3.05) is 23.8 Å². The van der Waals surface area contributed by atoms with Crippen LogP contribution in [0.3, 0.4) is 0 Å². The van der Waals surface area contributed by atoms with Gasteiger partial charge in [-0.2, -0.15) is 0 Å². The molecule has 2 heterocycles. The van der Waals surface area contributed by atoms with Gasteiger partial charge in [-0.15, -0.1) is 0 Å². The number of benzene rings is 1. The Morgan fingerprint density at radius 3 is 3.05 bits per heavy atom. The van der Waals surface area contributed by atoms with Crippen molar-refractivity contribution in [3.63, 3.8) is 0 Å². The lowest BCUT2D eigenvalue weighted by atomic mass is 10.1. The standard InChI is InChI=1S/C15H19N3O/c1-10-7-12-13(8-17-10)14(16)4-5-15(12)18-6-2-3-11(18)9-19/h4-5,7-8,11,19H,2-3,6,9,16H2,1H3. The summed E-state index contributed by atoms with van der Waals surface area (Å²) in [6.45, 7) is 3.18. The van der Waals surface area contributed by atoms with Gasteiger partial charge in [0.2, 0.25) is 0 Å². The number of pyridine rings is 1. The maximum atomic E-state index is 9.50. The monoisotopic (exact) mass is 257 g/mol. The third-order valence-electron chi connectivity index (χ3n) is 3.95. The molecule has 0 aliphatic carbocycles. The summed E-state index contributed by atoms with van der Waals surface area (Å²) in [6, 6.07) is 6.29. The largest absolute Gasteiger partial charge is 0.398 e. The number of hydrogen-bond donors (Lipinski definition) is 2. The van der Waals surface area contributed by atoms with E-state index in [1.807, 2.05) is 19.2 Å². The summed E-state index contributed by atoms with van der Waals surface area (Å²) < 4.78 is 0. The number of aliphatic hydroxyl groups excluding tert-OH is 1. The SMILES string of the molecule is Cc1cc2c(N3CCCC3CO)ccc(N)c2cn1. The summed E-state index contributed by atoms with van der Waals surface area (Å²) >= 11 is 0. The number of aliphatic hydroxyl groups is 1. The second-order valence-corrected chi connectivity index (χ2v) is 5.22. The van der Waals surface area contributed by atoms with E-state index in [4.69, 9.17) is 5.73 Å². The fraction of sp³-hybridized carbons (Fsp3) is 0.400. The normalized spacial score (nSPS) is 19.3. The number of nitrogens with zero attached hydrogens (tertiary/aromatic N) is 2. The van der Waals surface area contributed by atoms with Crippen molar-refractivity contribution in [1.82, 2.24) is 4.98 Å². The summed E-state index contributed by atoms with van der Waals surface area (Å²) in [5.74, 6) is 0. The second-order valence-electron chi connectivity index (χ2n) is 5.22. The topological polar surface area (TPSA) is 62.4 Å². The molecule has 0 saturated carbocycles. The van der Waals surface area contributed by atoms with E-state index in [0.717, 1.165) is 47.2 Å². The van der Waals surface area contributed by atoms with Crippen LogP contribution in [-0.2, 0) is 0 Å². The lowest BCUT2D eigenvalue weighted by Gasteiger charge is -2.27. The molecule has 19 heavy (non-hydrogen) atoms. The van der Waals surface area contributed by atoms with Gasteiger partial charge in [-0.25, -0.2) is 0 Å². The molecule has 0 bridgehead atoms. The van der Waals surface area contributed by atoms with Crippen molar-refractivity contribution in [3.8, 4) is 0 Å². The molecular weight excluding hydrogens is 238 g/mol. The van der Waals surface area contributed by atoms with Gasteiger partial charge in [-0.3, -0.25) is 4.98 Å². The van der Waals surface area contributed by atoms with Gasteiger partial charge in [0.05, 0.1) is 12.6 Å². The summed E-state index contributed by atoms with van der Waals surface area (Å²) in [4.78, 5) is 6.62. The highest BCUT2D eigenvalue weighted by Crippen LogP contribution is 2.34. The Labute approximate surface area is 112 Å². The first-order chi connectivity index (χ1) is 9.20. The van der Waals surface area contributed by atoms with Gasteiger partial charge in [0.15, 0.2) is 0 Å². The highest BCUT2D eigenvalue weighted by molar-refractivity contribution is 6.01. The molecule has 100 valence electrons. The van der Waals surface area contributed by atoms with E-state index in [0.29, 0.717) is 0 Å². The first-order valence-electron chi connectivity index (χ1n) is 6.73. The molecular formula is C15H19N3O. The molecule has 1 atom stereocenters. The van der Waals surface area contributed by atoms with Crippen LogP contribution in [0.1, 0.15) is 18.5 Å². The van der Waals surface area contributed by atoms with Crippen molar-refractivity contribution in [3.05, 3.63) is 30.1 Å². The zero-order valence-electron chi connectivity index (χ0n) is 11.1. The number of aryl methyl sites for hydroxylation is 1. The third kappa shape index (κ3) is 2.02. The molecule has 3 N–H and O–H groups in total. The lowest BCUT2D eigenvalue weighted by Crippen LogP contribution is -2.32. The molecule has 0 radical (unpaired) electrons. The van der Waals surface area contributed by atoms with Gasteiger partial charge < -0.3 is 15.7 Å². The van der Waals surface area contributed by atoms with Crippen LogP contribution in [0.4, 0.5) is 11.4 Å². The summed E-state index contributed by atoms with van der Waals surface area (Å²) in [7, 11) is 0. The van der Waals surface area contributed by atoms with Crippen LogP contribution < -0.4 is 10.6 Å². The Balaban J connectivity index is 2.18. The quantitative estimate of drug-likeness (QED) is 0.809. The predicted octanol–water partition coefficient (Wildman–Crippen LogP) is 2.09. The molecule has 4 heteroatoms. The first-order valence-corrected chi connectivity index (χ1v) is 6.73. The predicted molar refractivity (Wildman–Crippen MR) is 78.3 cm³/mol. The molecule has 1 aromatic heterocycles. The van der Waals surface area contributed by atoms with Crippen molar-refractivity contribution < 1.29 is 5.11 Å². The first kappa shape index (κ1) is 12.2. The Morgan fingerprint density at radius 2 is 2.26 bits per heavy atom. The Bertz CT molecular complexity index is 612. The van der Waals surface area contributed by atoms with Crippen LogP contribution in [0.25, 0.3) is 10.8 Å². The zero-order valence-corrected chi connectivity index (χ0v) is 11.1. The molecule has 1 aliphatic heterocycles. The van der Waals surface area contributed by atoms with Gasteiger partial charge in [0.25, 0.3) is 0 Å². The number of fused-ring (bicyclic) bond motifs is 1. The fourth-order valence-electron chi connectivity index (χ4n) is 2.94. The van der Waals surface area contributed by atoms with Crippen molar-refractivity contribution in [1.29, 1.82) is 0 Å². The molecule has 0 amide bonds. The second kappa shape index (κ2) is 4.70. The summed E-state index contributed by atoms with van der Waals surface area (Å²) in [6.07, 6.45) is 4.02. The molecule has 1 fully saturated rings. The van der Waals surface area contributed by atoms with Gasteiger partial charge in [0, 0.05) is 40.6 Å². The Hall–Kier alpha value is -1.81. The maximum absolute atomic E-state index is 9.50. The number of nitrogen functional groups attached to an aromatic ring is 1. The number of nitrogens with two attached hydrogens (primary N) is 1. The van der Waals surface area contributed by atoms with Gasteiger partial charge >= 0.3 is 0 Å². The van der Waals surface area contributed by atoms with Crippen molar-refractivity contribution in [2.24, 2.45) is 0 Å². The average molecular weight is 257 g/mol. The number of aromatic nitrogens is 1. The highest BCUT2D eigenvalue weighted by atomic mass is 16.3. The van der Waals surface area contributed by atoms with E-state index >= 15 is 0 Å².